The molecular weight excluding hydrogens is 356 g/mol. The molecule has 1 nitrogen and oxygen atoms in total. The molecule has 0 aliphatic carbocycles. The van der Waals surface area contributed by atoms with E-state index in [1.807, 2.05) is 36.7 Å². The minimum atomic E-state index is -1.85. The van der Waals surface area contributed by atoms with Gasteiger partial charge in [-0.05, 0) is 0 Å². The third-order valence-corrected chi connectivity index (χ3v) is 4.26. The van der Waals surface area contributed by atoms with E-state index in [0.717, 1.165) is 16.7 Å². The van der Waals surface area contributed by atoms with Crippen LogP contribution in [-0.4, -0.2) is 10.7 Å². The molecule has 0 aromatic heterocycles. The van der Waals surface area contributed by atoms with Crippen molar-refractivity contribution in [2.75, 3.05) is 0 Å². The molecule has 0 aliphatic heterocycles. The Morgan fingerprint density at radius 1 is 1.11 bits per heavy atom. The SMILES string of the molecule is CC(C)Oc1cc2ccccc2cc1[CH]=[Ru]([Cl])[Cl]. The van der Waals surface area contributed by atoms with Crippen LogP contribution < -0.4 is 4.74 Å². The summed E-state index contributed by atoms with van der Waals surface area (Å²) < 4.78 is 7.76. The Hall–Kier alpha value is -0.427. The van der Waals surface area contributed by atoms with Gasteiger partial charge < -0.3 is 0 Å². The van der Waals surface area contributed by atoms with Gasteiger partial charge >= 0.3 is 121 Å². The molecule has 18 heavy (non-hydrogen) atoms. The van der Waals surface area contributed by atoms with E-state index in [1.54, 1.807) is 0 Å². The molecule has 0 saturated heterocycles. The van der Waals surface area contributed by atoms with Crippen molar-refractivity contribution in [1.29, 1.82) is 0 Å². The first-order valence-corrected chi connectivity index (χ1v) is 11.1. The van der Waals surface area contributed by atoms with E-state index in [1.165, 1.54) is 5.39 Å². The summed E-state index contributed by atoms with van der Waals surface area (Å²) in [4.78, 5) is 0. The van der Waals surface area contributed by atoms with Gasteiger partial charge in [-0.25, -0.2) is 0 Å². The standard InChI is InChI=1S/C14H14O.2ClH.Ru/c1-10(2)15-14-9-13-7-5-4-6-12(13)8-11(14)3;;;/h3-10H,1-2H3;2*1H;/q;;;+2/p-2. The van der Waals surface area contributed by atoms with Crippen molar-refractivity contribution in [3.8, 4) is 5.75 Å². The zero-order chi connectivity index (χ0) is 13.1. The van der Waals surface area contributed by atoms with Gasteiger partial charge in [0.2, 0.25) is 0 Å². The van der Waals surface area contributed by atoms with Crippen molar-refractivity contribution < 1.29 is 18.3 Å². The first kappa shape index (κ1) is 14.0. The van der Waals surface area contributed by atoms with Gasteiger partial charge in [-0.3, -0.25) is 0 Å². The molecular formula is C14H14Cl2ORu. The normalized spacial score (nSPS) is 11.7. The number of rotatable bonds is 3. The monoisotopic (exact) mass is 370 g/mol. The molecule has 0 spiro atoms. The van der Waals surface area contributed by atoms with E-state index in [-0.39, 0.29) is 6.10 Å². The second-order valence-corrected chi connectivity index (χ2v) is 9.94. The van der Waals surface area contributed by atoms with Gasteiger partial charge in [0.05, 0.1) is 0 Å². The Balaban J connectivity index is 2.59. The van der Waals surface area contributed by atoms with E-state index in [4.69, 9.17) is 24.1 Å². The second-order valence-electron chi connectivity index (χ2n) is 4.21. The number of hydrogen-bond donors (Lipinski definition) is 0. The van der Waals surface area contributed by atoms with Crippen LogP contribution in [0.25, 0.3) is 10.8 Å². The summed E-state index contributed by atoms with van der Waals surface area (Å²) in [6.07, 6.45) is 0.129. The number of fused-ring (bicyclic) bond motifs is 1. The first-order chi connectivity index (χ1) is 8.56. The van der Waals surface area contributed by atoms with Gasteiger partial charge in [0.1, 0.15) is 0 Å². The maximum atomic E-state index is 5.97. The quantitative estimate of drug-likeness (QED) is 0.712. The number of ether oxygens (including phenoxy) is 1. The summed E-state index contributed by atoms with van der Waals surface area (Å²) in [6, 6.07) is 12.3. The van der Waals surface area contributed by atoms with E-state index in [0.29, 0.717) is 0 Å². The molecule has 0 bridgehead atoms. The van der Waals surface area contributed by atoms with Crippen LogP contribution in [0.15, 0.2) is 36.4 Å². The van der Waals surface area contributed by atoms with Gasteiger partial charge in [0.15, 0.2) is 0 Å². The van der Waals surface area contributed by atoms with Gasteiger partial charge in [-0.1, -0.05) is 0 Å². The Labute approximate surface area is 120 Å². The average Bonchev–Trinajstić information content (AvgIpc) is 2.28. The number of hydrogen-bond acceptors (Lipinski definition) is 1. The molecule has 2 aromatic carbocycles. The maximum absolute atomic E-state index is 5.97. The van der Waals surface area contributed by atoms with Gasteiger partial charge in [0.25, 0.3) is 0 Å². The predicted octanol–water partition coefficient (Wildman–Crippen LogP) is 4.70. The van der Waals surface area contributed by atoms with Crippen LogP contribution in [0.3, 0.4) is 0 Å². The summed E-state index contributed by atoms with van der Waals surface area (Å²) in [5, 5.41) is 2.33. The fourth-order valence-electron chi connectivity index (χ4n) is 1.76. The third-order valence-electron chi connectivity index (χ3n) is 2.43. The molecule has 0 atom stereocenters. The molecule has 2 rings (SSSR count). The topological polar surface area (TPSA) is 9.23 Å². The Morgan fingerprint density at radius 2 is 1.72 bits per heavy atom. The molecule has 0 fully saturated rings. The van der Waals surface area contributed by atoms with Gasteiger partial charge in [-0.15, -0.1) is 0 Å². The van der Waals surface area contributed by atoms with E-state index in [9.17, 15) is 0 Å². The van der Waals surface area contributed by atoms with Crippen molar-refractivity contribution in [2.24, 2.45) is 0 Å². The predicted molar refractivity (Wildman–Crippen MR) is 76.6 cm³/mol. The molecule has 98 valence electrons. The van der Waals surface area contributed by atoms with Crippen LogP contribution in [0.1, 0.15) is 19.4 Å². The molecule has 0 saturated carbocycles. The number of halogens is 2. The fraction of sp³-hybridized carbons (Fsp3) is 0.214. The second kappa shape index (κ2) is 6.15. The first-order valence-electron chi connectivity index (χ1n) is 5.59. The summed E-state index contributed by atoms with van der Waals surface area (Å²) in [7, 11) is 11.9. The van der Waals surface area contributed by atoms with Crippen LogP contribution >= 0.6 is 19.4 Å². The fourth-order valence-corrected chi connectivity index (χ4v) is 3.54. The third kappa shape index (κ3) is 3.54. The van der Waals surface area contributed by atoms with Gasteiger partial charge in [0, 0.05) is 0 Å². The molecule has 0 heterocycles. The van der Waals surface area contributed by atoms with E-state index in [2.05, 4.69) is 18.2 Å². The van der Waals surface area contributed by atoms with Crippen LogP contribution in [0.5, 0.6) is 5.75 Å². The van der Waals surface area contributed by atoms with Crippen molar-refractivity contribution >= 4 is 34.8 Å². The average molecular weight is 370 g/mol. The van der Waals surface area contributed by atoms with Crippen LogP contribution in [0, 0.1) is 0 Å². The summed E-state index contributed by atoms with van der Waals surface area (Å²) in [5.74, 6) is 0.851. The Bertz CT molecular complexity index is 589. The van der Waals surface area contributed by atoms with Crippen LogP contribution in [0.4, 0.5) is 0 Å². The van der Waals surface area contributed by atoms with Crippen LogP contribution in [0.2, 0.25) is 0 Å². The zero-order valence-electron chi connectivity index (χ0n) is 10.1. The van der Waals surface area contributed by atoms with Crippen molar-refractivity contribution in [2.45, 2.75) is 20.0 Å². The zero-order valence-corrected chi connectivity index (χ0v) is 13.4. The molecule has 0 unspecified atom stereocenters. The summed E-state index contributed by atoms with van der Waals surface area (Å²) in [6.45, 7) is 4.02. The van der Waals surface area contributed by atoms with E-state index >= 15 is 0 Å². The van der Waals surface area contributed by atoms with Crippen molar-refractivity contribution in [3.63, 3.8) is 0 Å². The summed E-state index contributed by atoms with van der Waals surface area (Å²) in [5.41, 5.74) is 0.992. The number of benzene rings is 2. The molecule has 4 heteroatoms. The van der Waals surface area contributed by atoms with Crippen molar-refractivity contribution in [1.82, 2.24) is 0 Å². The van der Waals surface area contributed by atoms with Crippen molar-refractivity contribution in [3.05, 3.63) is 42.0 Å². The Kier molecular flexibility index (Phi) is 4.78. The molecule has 0 N–H and O–H groups in total. The van der Waals surface area contributed by atoms with Gasteiger partial charge in [-0.2, -0.15) is 0 Å². The molecule has 0 radical (unpaired) electrons. The van der Waals surface area contributed by atoms with Crippen LogP contribution in [-0.2, 0) is 13.5 Å². The Morgan fingerprint density at radius 3 is 2.28 bits per heavy atom. The molecule has 0 amide bonds. The summed E-state index contributed by atoms with van der Waals surface area (Å²) >= 11 is -1.85. The molecule has 0 aliphatic rings. The molecule has 2 aromatic rings. The van der Waals surface area contributed by atoms with E-state index < -0.39 is 13.5 Å². The minimum absolute atomic E-state index is 0.129.